The molecule has 1 N–H and O–H groups in total. The van der Waals surface area contributed by atoms with Crippen LogP contribution in [0, 0.1) is 0 Å². The van der Waals surface area contributed by atoms with Gasteiger partial charge in [0.25, 0.3) is 5.91 Å². The lowest BCUT2D eigenvalue weighted by atomic mass is 10.1. The minimum atomic E-state index is 0.0798. The fraction of sp³-hybridized carbons (Fsp3) is 0.571. The van der Waals surface area contributed by atoms with Crippen molar-refractivity contribution in [1.29, 1.82) is 0 Å². The molecular weight excluding hydrogens is 240 g/mol. The van der Waals surface area contributed by atoms with Crippen molar-refractivity contribution >= 4 is 11.7 Å². The monoisotopic (exact) mass is 262 g/mol. The molecule has 1 aliphatic rings. The van der Waals surface area contributed by atoms with Crippen LogP contribution in [0.3, 0.4) is 0 Å². The first-order valence-electron chi connectivity index (χ1n) is 6.81. The number of piperazine rings is 1. The molecule has 5 heteroatoms. The number of carbonyl (C=O) groups is 1. The van der Waals surface area contributed by atoms with Crippen molar-refractivity contribution in [3.8, 4) is 0 Å². The summed E-state index contributed by atoms with van der Waals surface area (Å²) in [5, 5.41) is 3.13. The van der Waals surface area contributed by atoms with Gasteiger partial charge in [0.05, 0.1) is 5.56 Å². The average Bonchev–Trinajstić information content (AvgIpc) is 2.39. The van der Waals surface area contributed by atoms with Crippen molar-refractivity contribution < 1.29 is 4.79 Å². The number of likely N-dealkylation sites (N-methyl/N-ethyl adjacent to an activating group) is 1. The minimum absolute atomic E-state index is 0.0798. The molecule has 19 heavy (non-hydrogen) atoms. The largest absolute Gasteiger partial charge is 0.370 e. The highest BCUT2D eigenvalue weighted by atomic mass is 16.2. The molecule has 1 saturated heterocycles. The van der Waals surface area contributed by atoms with E-state index in [2.05, 4.69) is 29.2 Å². The molecule has 104 valence electrons. The zero-order valence-corrected chi connectivity index (χ0v) is 11.9. The van der Waals surface area contributed by atoms with Gasteiger partial charge in [0.15, 0.2) is 0 Å². The number of anilines is 1. The molecule has 0 aliphatic carbocycles. The Morgan fingerprint density at radius 1 is 1.47 bits per heavy atom. The lowest BCUT2D eigenvalue weighted by molar-refractivity contribution is 0.0533. The number of nitrogens with zero attached hydrogens (tertiary/aromatic N) is 3. The second-order valence-electron chi connectivity index (χ2n) is 5.07. The normalized spacial score (nSPS) is 20.4. The van der Waals surface area contributed by atoms with Gasteiger partial charge in [-0.1, -0.05) is 0 Å². The summed E-state index contributed by atoms with van der Waals surface area (Å²) in [6.07, 6.45) is 1.66. The summed E-state index contributed by atoms with van der Waals surface area (Å²) in [5.41, 5.74) is 0.665. The van der Waals surface area contributed by atoms with Crippen LogP contribution in [0.2, 0.25) is 0 Å². The van der Waals surface area contributed by atoms with Gasteiger partial charge in [0, 0.05) is 38.4 Å². The fourth-order valence-corrected chi connectivity index (χ4v) is 2.41. The van der Waals surface area contributed by atoms with Crippen molar-refractivity contribution in [3.63, 3.8) is 0 Å². The predicted octanol–water partition coefficient (Wildman–Crippen LogP) is 1.29. The Balaban J connectivity index is 2.06. The van der Waals surface area contributed by atoms with E-state index in [9.17, 15) is 4.79 Å². The van der Waals surface area contributed by atoms with E-state index in [1.54, 1.807) is 6.20 Å². The highest BCUT2D eigenvalue weighted by molar-refractivity contribution is 5.94. The van der Waals surface area contributed by atoms with Crippen LogP contribution in [0.1, 0.15) is 24.2 Å². The Labute approximate surface area is 114 Å². The fourth-order valence-electron chi connectivity index (χ4n) is 2.41. The number of aromatic nitrogens is 1. The van der Waals surface area contributed by atoms with E-state index in [4.69, 9.17) is 0 Å². The standard InChI is InChI=1S/C14H22N4O/c1-4-15-13-6-5-12(9-16-13)14(19)18-8-7-17(3)10-11(18)2/h5-6,9,11H,4,7-8,10H2,1-3H3,(H,15,16). The SMILES string of the molecule is CCNc1ccc(C(=O)N2CCN(C)CC2C)cn1. The molecule has 2 rings (SSSR count). The van der Waals surface area contributed by atoms with E-state index in [0.29, 0.717) is 5.56 Å². The molecule has 1 aliphatic heterocycles. The summed E-state index contributed by atoms with van der Waals surface area (Å²) >= 11 is 0. The highest BCUT2D eigenvalue weighted by Gasteiger charge is 2.26. The molecule has 1 unspecified atom stereocenters. The summed E-state index contributed by atoms with van der Waals surface area (Å²) in [5.74, 6) is 0.890. The quantitative estimate of drug-likeness (QED) is 0.891. The lowest BCUT2D eigenvalue weighted by Crippen LogP contribution is -2.52. The maximum absolute atomic E-state index is 12.4. The van der Waals surface area contributed by atoms with Gasteiger partial charge in [-0.2, -0.15) is 0 Å². The molecule has 1 amide bonds. The van der Waals surface area contributed by atoms with Gasteiger partial charge in [0.1, 0.15) is 5.82 Å². The third-order valence-corrected chi connectivity index (χ3v) is 3.46. The molecule has 2 heterocycles. The van der Waals surface area contributed by atoms with Crippen molar-refractivity contribution in [3.05, 3.63) is 23.9 Å². The molecule has 0 radical (unpaired) electrons. The first-order valence-corrected chi connectivity index (χ1v) is 6.81. The summed E-state index contributed by atoms with van der Waals surface area (Å²) in [7, 11) is 2.09. The number of amides is 1. The Kier molecular flexibility index (Phi) is 4.37. The second kappa shape index (κ2) is 6.02. The van der Waals surface area contributed by atoms with Crippen LogP contribution >= 0.6 is 0 Å². The Bertz CT molecular complexity index is 432. The Morgan fingerprint density at radius 2 is 2.26 bits per heavy atom. The second-order valence-corrected chi connectivity index (χ2v) is 5.07. The minimum Gasteiger partial charge on any atom is -0.370 e. The third kappa shape index (κ3) is 3.23. The van der Waals surface area contributed by atoms with Gasteiger partial charge in [-0.3, -0.25) is 4.79 Å². The number of carbonyl (C=O) groups excluding carboxylic acids is 1. The van der Waals surface area contributed by atoms with Crippen LogP contribution in [0.25, 0.3) is 0 Å². The first kappa shape index (κ1) is 13.8. The van der Waals surface area contributed by atoms with Crippen LogP contribution in [0.15, 0.2) is 18.3 Å². The van der Waals surface area contributed by atoms with Gasteiger partial charge < -0.3 is 15.1 Å². The predicted molar refractivity (Wildman–Crippen MR) is 76.4 cm³/mol. The molecular formula is C14H22N4O. The van der Waals surface area contributed by atoms with Crippen LogP contribution in [-0.4, -0.2) is 60.0 Å². The van der Waals surface area contributed by atoms with Crippen molar-refractivity contribution in [2.45, 2.75) is 19.9 Å². The van der Waals surface area contributed by atoms with Crippen molar-refractivity contribution in [2.24, 2.45) is 0 Å². The summed E-state index contributed by atoms with van der Waals surface area (Å²) < 4.78 is 0. The van der Waals surface area contributed by atoms with Gasteiger partial charge in [-0.25, -0.2) is 4.98 Å². The van der Waals surface area contributed by atoms with Gasteiger partial charge in [-0.15, -0.1) is 0 Å². The molecule has 1 atom stereocenters. The average molecular weight is 262 g/mol. The number of hydrogen-bond acceptors (Lipinski definition) is 4. The molecule has 0 aromatic carbocycles. The topological polar surface area (TPSA) is 48.5 Å². The first-order chi connectivity index (χ1) is 9.11. The van der Waals surface area contributed by atoms with Gasteiger partial charge in [-0.05, 0) is 33.0 Å². The highest BCUT2D eigenvalue weighted by Crippen LogP contribution is 2.13. The number of hydrogen-bond donors (Lipinski definition) is 1. The van der Waals surface area contributed by atoms with E-state index in [1.165, 1.54) is 0 Å². The van der Waals surface area contributed by atoms with Crippen molar-refractivity contribution in [2.75, 3.05) is 38.5 Å². The van der Waals surface area contributed by atoms with Gasteiger partial charge >= 0.3 is 0 Å². The van der Waals surface area contributed by atoms with E-state index in [0.717, 1.165) is 32.0 Å². The number of nitrogens with one attached hydrogen (secondary N) is 1. The van der Waals surface area contributed by atoms with Gasteiger partial charge in [0.2, 0.25) is 0 Å². The summed E-state index contributed by atoms with van der Waals surface area (Å²) in [4.78, 5) is 20.9. The van der Waals surface area contributed by atoms with E-state index in [-0.39, 0.29) is 11.9 Å². The molecule has 1 aromatic rings. The van der Waals surface area contributed by atoms with E-state index >= 15 is 0 Å². The number of pyridine rings is 1. The summed E-state index contributed by atoms with van der Waals surface area (Å²) in [6, 6.07) is 3.95. The lowest BCUT2D eigenvalue weighted by Gasteiger charge is -2.38. The molecule has 5 nitrogen and oxygen atoms in total. The zero-order valence-electron chi connectivity index (χ0n) is 11.9. The van der Waals surface area contributed by atoms with Crippen molar-refractivity contribution in [1.82, 2.24) is 14.8 Å². The molecule has 1 fully saturated rings. The molecule has 0 spiro atoms. The molecule has 0 saturated carbocycles. The van der Waals surface area contributed by atoms with Crippen LogP contribution in [-0.2, 0) is 0 Å². The zero-order chi connectivity index (χ0) is 13.8. The van der Waals surface area contributed by atoms with E-state index in [1.807, 2.05) is 24.0 Å². The smallest absolute Gasteiger partial charge is 0.255 e. The summed E-state index contributed by atoms with van der Waals surface area (Å²) in [6.45, 7) is 7.58. The van der Waals surface area contributed by atoms with Crippen LogP contribution < -0.4 is 5.32 Å². The Morgan fingerprint density at radius 3 is 2.84 bits per heavy atom. The maximum atomic E-state index is 12.4. The molecule has 1 aromatic heterocycles. The number of rotatable bonds is 3. The Hall–Kier alpha value is -1.62. The molecule has 0 bridgehead atoms. The van der Waals surface area contributed by atoms with Crippen LogP contribution in [0.5, 0.6) is 0 Å². The van der Waals surface area contributed by atoms with Crippen LogP contribution in [0.4, 0.5) is 5.82 Å². The maximum Gasteiger partial charge on any atom is 0.255 e. The third-order valence-electron chi connectivity index (χ3n) is 3.46. The van der Waals surface area contributed by atoms with E-state index < -0.39 is 0 Å².